The standard InChI is InChI=1S/C23H31FN4O2/c1-3-25-22(27-17-23(2,29)19-7-5-4-6-8-19)26-16-18-9-10-21(20(24)15-18)28-11-13-30-14-12-28/h4-10,15,29H,3,11-14,16-17H2,1-2H3,(H2,25,26,27). The largest absolute Gasteiger partial charge is 0.384 e. The molecule has 1 atom stereocenters. The summed E-state index contributed by atoms with van der Waals surface area (Å²) >= 11 is 0. The maximum atomic E-state index is 14.6. The molecule has 1 aliphatic heterocycles. The monoisotopic (exact) mass is 414 g/mol. The molecule has 0 aromatic heterocycles. The number of anilines is 1. The first-order valence-corrected chi connectivity index (χ1v) is 10.4. The number of ether oxygens (including phenoxy) is 1. The number of rotatable bonds is 7. The van der Waals surface area contributed by atoms with Gasteiger partial charge in [-0.2, -0.15) is 0 Å². The Morgan fingerprint density at radius 3 is 2.57 bits per heavy atom. The number of hydrogen-bond acceptors (Lipinski definition) is 4. The van der Waals surface area contributed by atoms with Gasteiger partial charge in [0.15, 0.2) is 5.96 Å². The molecule has 0 amide bonds. The van der Waals surface area contributed by atoms with Crippen LogP contribution in [0.5, 0.6) is 0 Å². The van der Waals surface area contributed by atoms with Crippen molar-refractivity contribution in [2.75, 3.05) is 44.3 Å². The highest BCUT2D eigenvalue weighted by molar-refractivity contribution is 5.79. The van der Waals surface area contributed by atoms with Crippen LogP contribution in [0.1, 0.15) is 25.0 Å². The van der Waals surface area contributed by atoms with Crippen LogP contribution in [0.15, 0.2) is 53.5 Å². The lowest BCUT2D eigenvalue weighted by atomic mass is 9.96. The second-order valence-electron chi connectivity index (χ2n) is 7.57. The van der Waals surface area contributed by atoms with Gasteiger partial charge in [0.1, 0.15) is 11.4 Å². The van der Waals surface area contributed by atoms with Gasteiger partial charge in [-0.15, -0.1) is 0 Å². The number of nitrogens with zero attached hydrogens (tertiary/aromatic N) is 2. The quantitative estimate of drug-likeness (QED) is 0.480. The lowest BCUT2D eigenvalue weighted by Gasteiger charge is -2.29. The molecule has 1 aliphatic rings. The average molecular weight is 415 g/mol. The number of aliphatic imine (C=N–C) groups is 1. The predicted molar refractivity (Wildman–Crippen MR) is 118 cm³/mol. The molecule has 0 radical (unpaired) electrons. The molecule has 7 heteroatoms. The van der Waals surface area contributed by atoms with E-state index < -0.39 is 5.60 Å². The van der Waals surface area contributed by atoms with E-state index in [1.807, 2.05) is 54.3 Å². The Balaban J connectivity index is 1.63. The van der Waals surface area contributed by atoms with Crippen molar-refractivity contribution < 1.29 is 14.2 Å². The zero-order valence-corrected chi connectivity index (χ0v) is 17.7. The van der Waals surface area contributed by atoms with Crippen LogP contribution in [0.25, 0.3) is 0 Å². The van der Waals surface area contributed by atoms with E-state index in [9.17, 15) is 9.50 Å². The number of guanidine groups is 1. The van der Waals surface area contributed by atoms with Crippen molar-refractivity contribution >= 4 is 11.6 Å². The van der Waals surface area contributed by atoms with Crippen LogP contribution in [0.3, 0.4) is 0 Å². The van der Waals surface area contributed by atoms with Gasteiger partial charge in [-0.25, -0.2) is 9.38 Å². The van der Waals surface area contributed by atoms with Gasteiger partial charge in [0.2, 0.25) is 0 Å². The number of nitrogens with one attached hydrogen (secondary N) is 2. The Morgan fingerprint density at radius 2 is 1.90 bits per heavy atom. The Labute approximate surface area is 177 Å². The molecular weight excluding hydrogens is 383 g/mol. The van der Waals surface area contributed by atoms with E-state index in [4.69, 9.17) is 4.74 Å². The van der Waals surface area contributed by atoms with E-state index >= 15 is 0 Å². The van der Waals surface area contributed by atoms with E-state index in [2.05, 4.69) is 15.6 Å². The first kappa shape index (κ1) is 22.1. The molecule has 0 bridgehead atoms. The first-order chi connectivity index (χ1) is 14.5. The second kappa shape index (κ2) is 10.4. The maximum absolute atomic E-state index is 14.6. The van der Waals surface area contributed by atoms with E-state index in [1.54, 1.807) is 6.92 Å². The Hall–Kier alpha value is -2.64. The summed E-state index contributed by atoms with van der Waals surface area (Å²) in [5.41, 5.74) is 1.18. The predicted octanol–water partition coefficient (Wildman–Crippen LogP) is 2.63. The normalized spacial score (nSPS) is 16.8. The van der Waals surface area contributed by atoms with E-state index in [0.717, 1.165) is 11.1 Å². The van der Waals surface area contributed by atoms with E-state index in [0.29, 0.717) is 57.6 Å². The highest BCUT2D eigenvalue weighted by Gasteiger charge is 2.23. The molecule has 162 valence electrons. The summed E-state index contributed by atoms with van der Waals surface area (Å²) in [5, 5.41) is 17.1. The third kappa shape index (κ3) is 5.93. The molecule has 2 aromatic rings. The van der Waals surface area contributed by atoms with E-state index in [1.165, 1.54) is 6.07 Å². The molecular formula is C23H31FN4O2. The summed E-state index contributed by atoms with van der Waals surface area (Å²) in [4.78, 5) is 6.55. The molecule has 1 unspecified atom stereocenters. The number of aliphatic hydroxyl groups is 1. The van der Waals surface area contributed by atoms with Crippen molar-refractivity contribution in [1.82, 2.24) is 10.6 Å². The van der Waals surface area contributed by atoms with Crippen LogP contribution >= 0.6 is 0 Å². The first-order valence-electron chi connectivity index (χ1n) is 10.4. The molecule has 6 nitrogen and oxygen atoms in total. The van der Waals surface area contributed by atoms with Crippen LogP contribution in [0.2, 0.25) is 0 Å². The fraction of sp³-hybridized carbons (Fsp3) is 0.435. The van der Waals surface area contributed by atoms with Gasteiger partial charge in [0, 0.05) is 19.6 Å². The van der Waals surface area contributed by atoms with Crippen LogP contribution in [-0.2, 0) is 16.9 Å². The summed E-state index contributed by atoms with van der Waals surface area (Å²) in [7, 11) is 0. The average Bonchev–Trinajstić information content (AvgIpc) is 2.77. The highest BCUT2D eigenvalue weighted by Crippen LogP contribution is 2.22. The SMILES string of the molecule is CCNC(=NCc1ccc(N2CCOCC2)c(F)c1)NCC(C)(O)c1ccccc1. The van der Waals surface area contributed by atoms with Gasteiger partial charge >= 0.3 is 0 Å². The fourth-order valence-corrected chi connectivity index (χ4v) is 3.38. The molecule has 1 saturated heterocycles. The second-order valence-corrected chi connectivity index (χ2v) is 7.57. The van der Waals surface area contributed by atoms with Crippen molar-refractivity contribution in [3.63, 3.8) is 0 Å². The molecule has 3 rings (SSSR count). The van der Waals surface area contributed by atoms with Crippen molar-refractivity contribution in [2.24, 2.45) is 4.99 Å². The molecule has 0 spiro atoms. The topological polar surface area (TPSA) is 69.1 Å². The number of halogens is 1. The zero-order valence-electron chi connectivity index (χ0n) is 17.7. The van der Waals surface area contributed by atoms with Crippen LogP contribution in [0.4, 0.5) is 10.1 Å². The third-order valence-corrected chi connectivity index (χ3v) is 5.12. The fourth-order valence-electron chi connectivity index (χ4n) is 3.38. The molecule has 2 aromatic carbocycles. The summed E-state index contributed by atoms with van der Waals surface area (Å²) in [6.45, 7) is 7.70. The van der Waals surface area contributed by atoms with E-state index in [-0.39, 0.29) is 5.82 Å². The lowest BCUT2D eigenvalue weighted by Crippen LogP contribution is -2.44. The summed E-state index contributed by atoms with van der Waals surface area (Å²) in [6, 6.07) is 14.8. The van der Waals surface area contributed by atoms with Crippen molar-refractivity contribution in [3.8, 4) is 0 Å². The Kier molecular flexibility index (Phi) is 7.65. The zero-order chi connectivity index (χ0) is 21.4. The molecule has 0 aliphatic carbocycles. The van der Waals surface area contributed by atoms with Gasteiger partial charge in [0.25, 0.3) is 0 Å². The van der Waals surface area contributed by atoms with Gasteiger partial charge in [-0.05, 0) is 37.1 Å². The Bertz CT molecular complexity index is 836. The third-order valence-electron chi connectivity index (χ3n) is 5.12. The van der Waals surface area contributed by atoms with Crippen LogP contribution < -0.4 is 15.5 Å². The summed E-state index contributed by atoms with van der Waals surface area (Å²) in [5.74, 6) is 0.334. The Morgan fingerprint density at radius 1 is 1.17 bits per heavy atom. The van der Waals surface area contributed by atoms with Crippen LogP contribution in [-0.4, -0.2) is 50.5 Å². The molecule has 3 N–H and O–H groups in total. The molecule has 0 saturated carbocycles. The number of hydrogen-bond donors (Lipinski definition) is 3. The van der Waals surface area contributed by atoms with Crippen molar-refractivity contribution in [1.29, 1.82) is 0 Å². The smallest absolute Gasteiger partial charge is 0.191 e. The van der Waals surface area contributed by atoms with Crippen molar-refractivity contribution in [3.05, 3.63) is 65.5 Å². The minimum Gasteiger partial charge on any atom is -0.384 e. The minimum absolute atomic E-state index is 0.241. The molecule has 30 heavy (non-hydrogen) atoms. The minimum atomic E-state index is -1.04. The highest BCUT2D eigenvalue weighted by atomic mass is 19.1. The van der Waals surface area contributed by atoms with Gasteiger partial charge in [-0.3, -0.25) is 0 Å². The molecule has 1 fully saturated rings. The molecule has 1 heterocycles. The van der Waals surface area contributed by atoms with Crippen LogP contribution in [0, 0.1) is 5.82 Å². The summed E-state index contributed by atoms with van der Waals surface area (Å²) in [6.07, 6.45) is 0. The van der Waals surface area contributed by atoms with Crippen molar-refractivity contribution in [2.45, 2.75) is 26.0 Å². The van der Waals surface area contributed by atoms with Gasteiger partial charge in [-0.1, -0.05) is 36.4 Å². The number of benzene rings is 2. The lowest BCUT2D eigenvalue weighted by molar-refractivity contribution is 0.0617. The maximum Gasteiger partial charge on any atom is 0.191 e. The number of morpholine rings is 1. The summed E-state index contributed by atoms with van der Waals surface area (Å²) < 4.78 is 19.9. The van der Waals surface area contributed by atoms with Gasteiger partial charge in [0.05, 0.1) is 32.0 Å². The van der Waals surface area contributed by atoms with Gasteiger partial charge < -0.3 is 25.4 Å².